The standard InChI is InChI=1S/C8H13NO2/c1-2-9-7-4-3-6(5-7)8(10)11/h3-4,6-7,9H,2,5H2,1H3,(H,10,11). The van der Waals surface area contributed by atoms with Gasteiger partial charge in [0.1, 0.15) is 0 Å². The van der Waals surface area contributed by atoms with Crippen LogP contribution < -0.4 is 5.32 Å². The van der Waals surface area contributed by atoms with Gasteiger partial charge in [-0.2, -0.15) is 0 Å². The number of carbonyl (C=O) groups is 1. The van der Waals surface area contributed by atoms with E-state index in [1.165, 1.54) is 0 Å². The van der Waals surface area contributed by atoms with Gasteiger partial charge in [-0.25, -0.2) is 0 Å². The number of aliphatic carboxylic acids is 1. The second-order valence-corrected chi connectivity index (χ2v) is 2.73. The van der Waals surface area contributed by atoms with Gasteiger partial charge in [0, 0.05) is 6.04 Å². The molecule has 0 aliphatic heterocycles. The number of carboxylic acid groups (broad SMARTS) is 1. The zero-order chi connectivity index (χ0) is 8.27. The van der Waals surface area contributed by atoms with Crippen molar-refractivity contribution in [3.8, 4) is 0 Å². The monoisotopic (exact) mass is 155 g/mol. The maximum Gasteiger partial charge on any atom is 0.310 e. The van der Waals surface area contributed by atoms with Gasteiger partial charge in [0.25, 0.3) is 0 Å². The number of carboxylic acids is 1. The summed E-state index contributed by atoms with van der Waals surface area (Å²) in [6.45, 7) is 2.91. The van der Waals surface area contributed by atoms with Crippen molar-refractivity contribution in [2.24, 2.45) is 5.92 Å². The topological polar surface area (TPSA) is 49.3 Å². The molecule has 0 aromatic carbocycles. The average molecular weight is 155 g/mol. The van der Waals surface area contributed by atoms with Gasteiger partial charge in [-0.1, -0.05) is 19.1 Å². The Kier molecular flexibility index (Phi) is 2.65. The van der Waals surface area contributed by atoms with E-state index in [1.54, 1.807) is 6.08 Å². The summed E-state index contributed by atoms with van der Waals surface area (Å²) in [6, 6.07) is 0.265. The smallest absolute Gasteiger partial charge is 0.310 e. The molecular formula is C8H13NO2. The molecule has 62 valence electrons. The van der Waals surface area contributed by atoms with Crippen LogP contribution in [-0.4, -0.2) is 23.7 Å². The van der Waals surface area contributed by atoms with E-state index in [0.29, 0.717) is 6.42 Å². The fraction of sp³-hybridized carbons (Fsp3) is 0.625. The summed E-state index contributed by atoms with van der Waals surface area (Å²) >= 11 is 0. The van der Waals surface area contributed by atoms with Crippen LogP contribution in [0.2, 0.25) is 0 Å². The van der Waals surface area contributed by atoms with Crippen LogP contribution in [0, 0.1) is 5.92 Å². The van der Waals surface area contributed by atoms with E-state index in [4.69, 9.17) is 5.11 Å². The molecule has 0 spiro atoms. The van der Waals surface area contributed by atoms with Crippen molar-refractivity contribution < 1.29 is 9.90 Å². The number of hydrogen-bond acceptors (Lipinski definition) is 2. The van der Waals surface area contributed by atoms with Crippen molar-refractivity contribution in [2.45, 2.75) is 19.4 Å². The fourth-order valence-corrected chi connectivity index (χ4v) is 1.30. The molecular weight excluding hydrogens is 142 g/mol. The highest BCUT2D eigenvalue weighted by Gasteiger charge is 2.23. The molecule has 0 aromatic rings. The highest BCUT2D eigenvalue weighted by Crippen LogP contribution is 2.17. The van der Waals surface area contributed by atoms with E-state index in [9.17, 15) is 4.79 Å². The maximum absolute atomic E-state index is 10.5. The lowest BCUT2D eigenvalue weighted by atomic mass is 10.1. The largest absolute Gasteiger partial charge is 0.481 e. The third-order valence-electron chi connectivity index (χ3n) is 1.87. The second-order valence-electron chi connectivity index (χ2n) is 2.73. The third-order valence-corrected chi connectivity index (χ3v) is 1.87. The van der Waals surface area contributed by atoms with Crippen LogP contribution in [0.3, 0.4) is 0 Å². The summed E-state index contributed by atoms with van der Waals surface area (Å²) in [5, 5.41) is 11.8. The summed E-state index contributed by atoms with van der Waals surface area (Å²) in [5.74, 6) is -0.999. The minimum atomic E-state index is -0.721. The van der Waals surface area contributed by atoms with Crippen molar-refractivity contribution in [2.75, 3.05) is 6.54 Å². The highest BCUT2D eigenvalue weighted by atomic mass is 16.4. The van der Waals surface area contributed by atoms with Crippen LogP contribution in [0.5, 0.6) is 0 Å². The lowest BCUT2D eigenvalue weighted by Crippen LogP contribution is -2.26. The van der Waals surface area contributed by atoms with Gasteiger partial charge in [-0.3, -0.25) is 4.79 Å². The first-order valence-corrected chi connectivity index (χ1v) is 3.88. The Balaban J connectivity index is 2.36. The molecule has 2 N–H and O–H groups in total. The SMILES string of the molecule is CCNC1C=CC(C(=O)O)C1. The van der Waals surface area contributed by atoms with Crippen molar-refractivity contribution in [3.05, 3.63) is 12.2 Å². The minimum absolute atomic E-state index is 0.265. The van der Waals surface area contributed by atoms with Crippen molar-refractivity contribution >= 4 is 5.97 Å². The molecule has 0 amide bonds. The van der Waals surface area contributed by atoms with E-state index >= 15 is 0 Å². The highest BCUT2D eigenvalue weighted by molar-refractivity contribution is 5.72. The van der Waals surface area contributed by atoms with E-state index < -0.39 is 5.97 Å². The predicted molar refractivity (Wildman–Crippen MR) is 42.3 cm³/mol. The van der Waals surface area contributed by atoms with Gasteiger partial charge in [0.15, 0.2) is 0 Å². The van der Waals surface area contributed by atoms with Gasteiger partial charge in [-0.05, 0) is 13.0 Å². The van der Waals surface area contributed by atoms with Gasteiger partial charge in [0.05, 0.1) is 5.92 Å². The van der Waals surface area contributed by atoms with Crippen molar-refractivity contribution in [1.82, 2.24) is 5.32 Å². The molecule has 2 unspecified atom stereocenters. The zero-order valence-corrected chi connectivity index (χ0v) is 6.58. The molecule has 0 aromatic heterocycles. The molecule has 1 rings (SSSR count). The summed E-state index contributed by atoms with van der Waals surface area (Å²) < 4.78 is 0. The van der Waals surface area contributed by atoms with Gasteiger partial charge < -0.3 is 10.4 Å². The molecule has 3 nitrogen and oxygen atoms in total. The summed E-state index contributed by atoms with van der Waals surface area (Å²) in [5.41, 5.74) is 0. The number of hydrogen-bond donors (Lipinski definition) is 2. The summed E-state index contributed by atoms with van der Waals surface area (Å²) in [6.07, 6.45) is 4.39. The Hall–Kier alpha value is -0.830. The molecule has 0 fully saturated rings. The second kappa shape index (κ2) is 3.53. The predicted octanol–water partition coefficient (Wildman–Crippen LogP) is 0.625. The third kappa shape index (κ3) is 2.05. The normalized spacial score (nSPS) is 29.2. The Morgan fingerprint density at radius 3 is 2.91 bits per heavy atom. The van der Waals surface area contributed by atoms with Crippen molar-refractivity contribution in [1.29, 1.82) is 0 Å². The molecule has 1 aliphatic carbocycles. The molecule has 0 radical (unpaired) electrons. The van der Waals surface area contributed by atoms with Crippen LogP contribution >= 0.6 is 0 Å². The summed E-state index contributed by atoms with van der Waals surface area (Å²) in [4.78, 5) is 10.5. The Labute approximate surface area is 66.1 Å². The summed E-state index contributed by atoms with van der Waals surface area (Å²) in [7, 11) is 0. The molecule has 0 saturated heterocycles. The molecule has 2 atom stereocenters. The first kappa shape index (κ1) is 8.27. The first-order chi connectivity index (χ1) is 5.24. The molecule has 11 heavy (non-hydrogen) atoms. The molecule has 0 heterocycles. The number of likely N-dealkylation sites (N-methyl/N-ethyl adjacent to an activating group) is 1. The van der Waals surface area contributed by atoms with Gasteiger partial charge in [0.2, 0.25) is 0 Å². The quantitative estimate of drug-likeness (QED) is 0.587. The van der Waals surface area contributed by atoms with Gasteiger partial charge >= 0.3 is 5.97 Å². The molecule has 3 heteroatoms. The van der Waals surface area contributed by atoms with Crippen LogP contribution in [0.1, 0.15) is 13.3 Å². The van der Waals surface area contributed by atoms with Crippen LogP contribution in [0.25, 0.3) is 0 Å². The van der Waals surface area contributed by atoms with Gasteiger partial charge in [-0.15, -0.1) is 0 Å². The fourth-order valence-electron chi connectivity index (χ4n) is 1.30. The lowest BCUT2D eigenvalue weighted by molar-refractivity contribution is -0.140. The van der Waals surface area contributed by atoms with E-state index in [1.807, 2.05) is 13.0 Å². The van der Waals surface area contributed by atoms with Crippen LogP contribution in [0.4, 0.5) is 0 Å². The van der Waals surface area contributed by atoms with Crippen LogP contribution in [0.15, 0.2) is 12.2 Å². The molecule has 0 bridgehead atoms. The number of nitrogens with one attached hydrogen (secondary N) is 1. The minimum Gasteiger partial charge on any atom is -0.481 e. The Morgan fingerprint density at radius 1 is 1.73 bits per heavy atom. The van der Waals surface area contributed by atoms with Crippen LogP contribution in [-0.2, 0) is 4.79 Å². The maximum atomic E-state index is 10.5. The average Bonchev–Trinajstić information content (AvgIpc) is 2.37. The Morgan fingerprint density at radius 2 is 2.45 bits per heavy atom. The van der Waals surface area contributed by atoms with Crippen molar-refractivity contribution in [3.63, 3.8) is 0 Å². The lowest BCUT2D eigenvalue weighted by Gasteiger charge is -2.08. The molecule has 1 aliphatic rings. The van der Waals surface area contributed by atoms with E-state index in [-0.39, 0.29) is 12.0 Å². The zero-order valence-electron chi connectivity index (χ0n) is 6.58. The molecule has 0 saturated carbocycles. The first-order valence-electron chi connectivity index (χ1n) is 3.88. The van der Waals surface area contributed by atoms with E-state index in [2.05, 4.69) is 5.32 Å². The van der Waals surface area contributed by atoms with E-state index in [0.717, 1.165) is 6.54 Å². The number of rotatable bonds is 3. The Bertz CT molecular complexity index is 177.